The lowest BCUT2D eigenvalue weighted by Gasteiger charge is -2.37. The molecule has 1 atom stereocenters. The number of morpholine rings is 1. The van der Waals surface area contributed by atoms with Crippen molar-refractivity contribution in [2.45, 2.75) is 26.9 Å². The van der Waals surface area contributed by atoms with Gasteiger partial charge in [-0.3, -0.25) is 4.79 Å². The number of nitrogens with zero attached hydrogens (tertiary/aromatic N) is 4. The third kappa shape index (κ3) is 5.59. The minimum absolute atomic E-state index is 0.423. The number of amides is 1. The average molecular weight is 462 g/mol. The summed E-state index contributed by atoms with van der Waals surface area (Å²) in [5.74, 6) is 0.157. The van der Waals surface area contributed by atoms with E-state index in [0.29, 0.717) is 24.8 Å². The SMILES string of the molecule is CC(C)(C)C(O)C(=O)Nc1ccc(-c2ccnc(N(c3ccccc3)N3CCOCC3)n2)cc1. The van der Waals surface area contributed by atoms with Crippen molar-refractivity contribution < 1.29 is 14.6 Å². The molecule has 2 aromatic carbocycles. The number of aliphatic hydroxyl groups excluding tert-OH is 1. The van der Waals surface area contributed by atoms with Crippen LogP contribution in [-0.4, -0.2) is 58.4 Å². The molecule has 8 nitrogen and oxygen atoms in total. The molecule has 0 bridgehead atoms. The van der Waals surface area contributed by atoms with Crippen LogP contribution in [-0.2, 0) is 9.53 Å². The van der Waals surface area contributed by atoms with Gasteiger partial charge in [-0.2, -0.15) is 0 Å². The number of benzene rings is 2. The van der Waals surface area contributed by atoms with Crippen molar-refractivity contribution in [3.05, 3.63) is 66.9 Å². The van der Waals surface area contributed by atoms with E-state index in [1.807, 2.05) is 74.3 Å². The van der Waals surface area contributed by atoms with Crippen LogP contribution in [0.1, 0.15) is 20.8 Å². The van der Waals surface area contributed by atoms with Crippen molar-refractivity contribution in [3.8, 4) is 11.3 Å². The summed E-state index contributed by atoms with van der Waals surface area (Å²) in [4.78, 5) is 21.7. The molecule has 4 rings (SSSR count). The Morgan fingerprint density at radius 1 is 1.06 bits per heavy atom. The van der Waals surface area contributed by atoms with Crippen molar-refractivity contribution in [2.75, 3.05) is 36.6 Å². The Balaban J connectivity index is 1.57. The number of hydrogen-bond acceptors (Lipinski definition) is 7. The highest BCUT2D eigenvalue weighted by molar-refractivity contribution is 5.94. The predicted molar refractivity (Wildman–Crippen MR) is 133 cm³/mol. The zero-order valence-electron chi connectivity index (χ0n) is 19.8. The summed E-state index contributed by atoms with van der Waals surface area (Å²) in [7, 11) is 0. The highest BCUT2D eigenvalue weighted by Crippen LogP contribution is 2.28. The number of hydrazine groups is 1. The van der Waals surface area contributed by atoms with Gasteiger partial charge in [0.25, 0.3) is 5.91 Å². The molecule has 0 radical (unpaired) electrons. The van der Waals surface area contributed by atoms with Crippen LogP contribution in [0.5, 0.6) is 0 Å². The molecule has 8 heteroatoms. The second kappa shape index (κ2) is 10.3. The molecule has 1 aliphatic rings. The topological polar surface area (TPSA) is 90.8 Å². The molecule has 1 aromatic heterocycles. The Kier molecular flexibility index (Phi) is 7.21. The fraction of sp³-hybridized carbons (Fsp3) is 0.346. The summed E-state index contributed by atoms with van der Waals surface area (Å²) >= 11 is 0. The summed E-state index contributed by atoms with van der Waals surface area (Å²) in [6.07, 6.45) is 0.657. The highest BCUT2D eigenvalue weighted by atomic mass is 16.5. The van der Waals surface area contributed by atoms with E-state index in [4.69, 9.17) is 9.72 Å². The average Bonchev–Trinajstić information content (AvgIpc) is 2.85. The number of rotatable bonds is 6. The molecule has 178 valence electrons. The standard InChI is InChI=1S/C26H31N5O3/c1-26(2,3)23(32)24(33)28-20-11-9-19(10-12-20)22-13-14-27-25(29-22)31(21-7-5-4-6-8-21)30-15-17-34-18-16-30/h4-14,23,32H,15-18H2,1-3H3,(H,28,33). The van der Waals surface area contributed by atoms with Crippen molar-refractivity contribution in [1.29, 1.82) is 0 Å². The van der Waals surface area contributed by atoms with Gasteiger partial charge < -0.3 is 15.2 Å². The van der Waals surface area contributed by atoms with Gasteiger partial charge in [0.2, 0.25) is 5.95 Å². The first-order chi connectivity index (χ1) is 16.3. The van der Waals surface area contributed by atoms with E-state index >= 15 is 0 Å². The van der Waals surface area contributed by atoms with Crippen molar-refractivity contribution in [1.82, 2.24) is 15.0 Å². The lowest BCUT2D eigenvalue weighted by Crippen LogP contribution is -2.47. The number of hydrogen-bond donors (Lipinski definition) is 2. The molecule has 34 heavy (non-hydrogen) atoms. The van der Waals surface area contributed by atoms with E-state index in [1.54, 1.807) is 18.3 Å². The van der Waals surface area contributed by atoms with Gasteiger partial charge >= 0.3 is 0 Å². The van der Waals surface area contributed by atoms with E-state index in [9.17, 15) is 9.90 Å². The monoisotopic (exact) mass is 461 g/mol. The third-order valence-corrected chi connectivity index (χ3v) is 5.62. The Labute approximate surface area is 200 Å². The van der Waals surface area contributed by atoms with Crippen LogP contribution in [0.3, 0.4) is 0 Å². The van der Waals surface area contributed by atoms with Crippen molar-refractivity contribution in [3.63, 3.8) is 0 Å². The summed E-state index contributed by atoms with van der Waals surface area (Å²) in [6.45, 7) is 8.27. The maximum absolute atomic E-state index is 12.3. The number of para-hydroxylation sites is 1. The molecule has 0 spiro atoms. The smallest absolute Gasteiger partial charge is 0.253 e. The zero-order valence-corrected chi connectivity index (χ0v) is 19.8. The number of carbonyl (C=O) groups is 1. The molecule has 2 N–H and O–H groups in total. The molecule has 1 unspecified atom stereocenters. The van der Waals surface area contributed by atoms with Crippen LogP contribution >= 0.6 is 0 Å². The molecule has 1 fully saturated rings. The molecule has 2 heterocycles. The Morgan fingerprint density at radius 3 is 2.38 bits per heavy atom. The van der Waals surface area contributed by atoms with Gasteiger partial charge in [0.1, 0.15) is 6.10 Å². The molecule has 3 aromatic rings. The second-order valence-corrected chi connectivity index (χ2v) is 9.29. The zero-order chi connectivity index (χ0) is 24.1. The number of aliphatic hydroxyl groups is 1. The van der Waals surface area contributed by atoms with Crippen molar-refractivity contribution >= 4 is 23.2 Å². The first-order valence-electron chi connectivity index (χ1n) is 11.4. The van der Waals surface area contributed by atoms with E-state index in [0.717, 1.165) is 30.0 Å². The maximum Gasteiger partial charge on any atom is 0.253 e. The largest absolute Gasteiger partial charge is 0.383 e. The van der Waals surface area contributed by atoms with Crippen LogP contribution < -0.4 is 10.3 Å². The summed E-state index contributed by atoms with van der Waals surface area (Å²) in [5, 5.41) is 17.2. The summed E-state index contributed by atoms with van der Waals surface area (Å²) in [5.41, 5.74) is 2.73. The Morgan fingerprint density at radius 2 is 1.74 bits per heavy atom. The Hall–Kier alpha value is -3.33. The number of aromatic nitrogens is 2. The molecular formula is C26H31N5O3. The van der Waals surface area contributed by atoms with Crippen LogP contribution in [0, 0.1) is 5.41 Å². The van der Waals surface area contributed by atoms with Gasteiger partial charge in [-0.25, -0.2) is 20.0 Å². The number of carbonyl (C=O) groups excluding carboxylic acids is 1. The van der Waals surface area contributed by atoms with Gasteiger partial charge in [0, 0.05) is 30.5 Å². The normalized spacial score (nSPS) is 15.5. The Bertz CT molecular complexity index is 1090. The van der Waals surface area contributed by atoms with Gasteiger partial charge in [0.05, 0.1) is 24.6 Å². The van der Waals surface area contributed by atoms with E-state index in [-0.39, 0.29) is 0 Å². The fourth-order valence-corrected chi connectivity index (χ4v) is 3.67. The van der Waals surface area contributed by atoms with Crippen molar-refractivity contribution in [2.24, 2.45) is 5.41 Å². The number of anilines is 3. The molecule has 1 aliphatic heterocycles. The minimum atomic E-state index is -1.10. The van der Waals surface area contributed by atoms with Crippen LogP contribution in [0.25, 0.3) is 11.3 Å². The van der Waals surface area contributed by atoms with Gasteiger partial charge in [0.15, 0.2) is 0 Å². The lowest BCUT2D eigenvalue weighted by molar-refractivity contribution is -0.129. The minimum Gasteiger partial charge on any atom is -0.383 e. The van der Waals surface area contributed by atoms with E-state index < -0.39 is 17.4 Å². The molecule has 1 saturated heterocycles. The lowest BCUT2D eigenvalue weighted by atomic mass is 9.88. The highest BCUT2D eigenvalue weighted by Gasteiger charge is 2.29. The quantitative estimate of drug-likeness (QED) is 0.576. The second-order valence-electron chi connectivity index (χ2n) is 9.29. The maximum atomic E-state index is 12.3. The molecule has 0 aliphatic carbocycles. The third-order valence-electron chi connectivity index (χ3n) is 5.62. The first-order valence-corrected chi connectivity index (χ1v) is 11.4. The van der Waals surface area contributed by atoms with Crippen LogP contribution in [0.4, 0.5) is 17.3 Å². The van der Waals surface area contributed by atoms with Crippen LogP contribution in [0.15, 0.2) is 66.9 Å². The predicted octanol–water partition coefficient (Wildman–Crippen LogP) is 3.87. The summed E-state index contributed by atoms with van der Waals surface area (Å²) < 4.78 is 5.53. The molecule has 0 saturated carbocycles. The van der Waals surface area contributed by atoms with Gasteiger partial charge in [-0.05, 0) is 35.7 Å². The fourth-order valence-electron chi connectivity index (χ4n) is 3.67. The summed E-state index contributed by atoms with van der Waals surface area (Å²) in [6, 6.07) is 19.3. The van der Waals surface area contributed by atoms with Crippen LogP contribution in [0.2, 0.25) is 0 Å². The van der Waals surface area contributed by atoms with E-state index in [1.165, 1.54) is 0 Å². The number of nitrogens with one attached hydrogen (secondary N) is 1. The first kappa shape index (κ1) is 23.8. The van der Waals surface area contributed by atoms with Gasteiger partial charge in [-0.15, -0.1) is 0 Å². The molecule has 1 amide bonds. The molecular weight excluding hydrogens is 430 g/mol. The van der Waals surface area contributed by atoms with Gasteiger partial charge in [-0.1, -0.05) is 51.1 Å². The van der Waals surface area contributed by atoms with E-state index in [2.05, 4.69) is 15.3 Å². The number of ether oxygens (including phenoxy) is 1.